The smallest absolute Gasteiger partial charge is 0.115 e. The van der Waals surface area contributed by atoms with Crippen LogP contribution in [0.25, 0.3) is 0 Å². The molecule has 0 fully saturated rings. The summed E-state index contributed by atoms with van der Waals surface area (Å²) < 4.78 is 5.04. The fourth-order valence-corrected chi connectivity index (χ4v) is 0.465. The first-order valence-electron chi connectivity index (χ1n) is 3.10. The lowest BCUT2D eigenvalue weighted by Crippen LogP contribution is -1.90. The van der Waals surface area contributed by atoms with Crippen LogP contribution in [0.1, 0.15) is 13.8 Å². The minimum atomic E-state index is 0.573. The molecule has 54 valence electrons. The molecule has 0 aromatic carbocycles. The second kappa shape index (κ2) is 4.63. The van der Waals surface area contributed by atoms with E-state index >= 15 is 0 Å². The van der Waals surface area contributed by atoms with Gasteiger partial charge in [-0.05, 0) is 13.8 Å². The zero-order valence-corrected chi connectivity index (χ0v) is 6.35. The second-order valence-electron chi connectivity index (χ2n) is 1.81. The van der Waals surface area contributed by atoms with Gasteiger partial charge in [0.25, 0.3) is 0 Å². The van der Waals surface area contributed by atoms with Gasteiger partial charge in [-0.15, -0.1) is 0 Å². The maximum absolute atomic E-state index is 8.23. The summed E-state index contributed by atoms with van der Waals surface area (Å²) in [6, 6.07) is 1.90. The Morgan fingerprint density at radius 2 is 2.40 bits per heavy atom. The monoisotopic (exact) mass is 137 g/mol. The van der Waals surface area contributed by atoms with Crippen molar-refractivity contribution in [2.45, 2.75) is 13.8 Å². The number of nitriles is 1. The molecular weight excluding hydrogens is 126 g/mol. The molecule has 0 atom stereocenters. The zero-order chi connectivity index (χ0) is 7.98. The van der Waals surface area contributed by atoms with E-state index in [0.717, 1.165) is 5.57 Å². The van der Waals surface area contributed by atoms with Crippen LogP contribution in [0, 0.1) is 11.3 Å². The SMILES string of the molecule is C=C(OCC)/C(C)=C/C#N. The molecule has 0 saturated heterocycles. The Bertz CT molecular complexity index is 186. The van der Waals surface area contributed by atoms with Crippen LogP contribution in [0.3, 0.4) is 0 Å². The van der Waals surface area contributed by atoms with Crippen LogP contribution in [0.15, 0.2) is 24.0 Å². The third-order valence-corrected chi connectivity index (χ3v) is 1.04. The molecule has 0 heterocycles. The summed E-state index contributed by atoms with van der Waals surface area (Å²) in [6.45, 7) is 7.89. The molecule has 0 aliphatic heterocycles. The first kappa shape index (κ1) is 8.77. The van der Waals surface area contributed by atoms with Crippen LogP contribution >= 0.6 is 0 Å². The Morgan fingerprint density at radius 1 is 1.80 bits per heavy atom. The predicted molar refractivity (Wildman–Crippen MR) is 40.1 cm³/mol. The standard InChI is InChI=1S/C8H11NO/c1-4-10-8(3)7(2)5-6-9/h5H,3-4H2,1-2H3/b7-5+. The number of nitrogens with zero attached hydrogens (tertiary/aromatic N) is 1. The second-order valence-corrected chi connectivity index (χ2v) is 1.81. The summed E-state index contributed by atoms with van der Waals surface area (Å²) in [7, 11) is 0. The van der Waals surface area contributed by atoms with Crippen molar-refractivity contribution in [3.05, 3.63) is 24.0 Å². The quantitative estimate of drug-likeness (QED) is 0.338. The Kier molecular flexibility index (Phi) is 4.06. The minimum absolute atomic E-state index is 0.573. The van der Waals surface area contributed by atoms with Gasteiger partial charge in [-0.3, -0.25) is 0 Å². The first-order chi connectivity index (χ1) is 4.72. The summed E-state index contributed by atoms with van der Waals surface area (Å²) in [5.41, 5.74) is 0.782. The van der Waals surface area contributed by atoms with Gasteiger partial charge in [0.2, 0.25) is 0 Å². The normalized spacial score (nSPS) is 10.3. The Labute approximate surface area is 61.4 Å². The number of rotatable bonds is 3. The van der Waals surface area contributed by atoms with Gasteiger partial charge in [0, 0.05) is 11.6 Å². The Balaban J connectivity index is 3.98. The average Bonchev–Trinajstić information content (AvgIpc) is 1.89. The van der Waals surface area contributed by atoms with Crippen LogP contribution < -0.4 is 0 Å². The molecular formula is C8H11NO. The van der Waals surface area contributed by atoms with Gasteiger partial charge in [-0.1, -0.05) is 6.58 Å². The third-order valence-electron chi connectivity index (χ3n) is 1.04. The number of hydrogen-bond donors (Lipinski definition) is 0. The van der Waals surface area contributed by atoms with Gasteiger partial charge in [-0.2, -0.15) is 5.26 Å². The van der Waals surface area contributed by atoms with Gasteiger partial charge in [0.05, 0.1) is 12.7 Å². The summed E-state index contributed by atoms with van der Waals surface area (Å²) in [6.07, 6.45) is 1.41. The van der Waals surface area contributed by atoms with E-state index in [4.69, 9.17) is 10.00 Å². The summed E-state index contributed by atoms with van der Waals surface area (Å²) in [5.74, 6) is 0.573. The largest absolute Gasteiger partial charge is 0.494 e. The van der Waals surface area contributed by atoms with E-state index in [1.807, 2.05) is 13.0 Å². The summed E-state index contributed by atoms with van der Waals surface area (Å²) in [4.78, 5) is 0. The van der Waals surface area contributed by atoms with E-state index in [0.29, 0.717) is 12.4 Å². The minimum Gasteiger partial charge on any atom is -0.494 e. The maximum Gasteiger partial charge on any atom is 0.115 e. The molecule has 0 aliphatic rings. The average molecular weight is 137 g/mol. The van der Waals surface area contributed by atoms with Gasteiger partial charge in [0.1, 0.15) is 5.76 Å². The third kappa shape index (κ3) is 2.93. The number of ether oxygens (including phenoxy) is 1. The van der Waals surface area contributed by atoms with Crippen molar-refractivity contribution in [1.82, 2.24) is 0 Å². The van der Waals surface area contributed by atoms with Crippen LogP contribution in [-0.4, -0.2) is 6.61 Å². The Hall–Kier alpha value is -1.23. The van der Waals surface area contributed by atoms with E-state index < -0.39 is 0 Å². The Morgan fingerprint density at radius 3 is 2.80 bits per heavy atom. The highest BCUT2D eigenvalue weighted by atomic mass is 16.5. The van der Waals surface area contributed by atoms with Crippen LogP contribution in [-0.2, 0) is 4.74 Å². The molecule has 2 heteroatoms. The highest BCUT2D eigenvalue weighted by Crippen LogP contribution is 2.06. The van der Waals surface area contributed by atoms with Crippen molar-refractivity contribution in [2.75, 3.05) is 6.61 Å². The molecule has 0 aromatic heterocycles. The molecule has 0 unspecified atom stereocenters. The molecule has 0 N–H and O–H groups in total. The van der Waals surface area contributed by atoms with Crippen molar-refractivity contribution < 1.29 is 4.74 Å². The molecule has 0 aliphatic carbocycles. The molecule has 0 rings (SSSR count). The highest BCUT2D eigenvalue weighted by Gasteiger charge is 1.93. The van der Waals surface area contributed by atoms with E-state index in [1.165, 1.54) is 6.08 Å². The highest BCUT2D eigenvalue weighted by molar-refractivity contribution is 5.25. The topological polar surface area (TPSA) is 33.0 Å². The van der Waals surface area contributed by atoms with Crippen LogP contribution in [0.5, 0.6) is 0 Å². The van der Waals surface area contributed by atoms with Crippen molar-refractivity contribution in [3.63, 3.8) is 0 Å². The molecule has 0 spiro atoms. The zero-order valence-electron chi connectivity index (χ0n) is 6.35. The van der Waals surface area contributed by atoms with Gasteiger partial charge >= 0.3 is 0 Å². The van der Waals surface area contributed by atoms with E-state index in [2.05, 4.69) is 6.58 Å². The fourth-order valence-electron chi connectivity index (χ4n) is 0.465. The van der Waals surface area contributed by atoms with E-state index in [-0.39, 0.29) is 0 Å². The molecule has 0 bridgehead atoms. The van der Waals surface area contributed by atoms with E-state index in [1.54, 1.807) is 6.92 Å². The molecule has 0 amide bonds. The fraction of sp³-hybridized carbons (Fsp3) is 0.375. The maximum atomic E-state index is 8.23. The van der Waals surface area contributed by atoms with Gasteiger partial charge < -0.3 is 4.74 Å². The molecule has 2 nitrogen and oxygen atoms in total. The van der Waals surface area contributed by atoms with E-state index in [9.17, 15) is 0 Å². The summed E-state index contributed by atoms with van der Waals surface area (Å²) >= 11 is 0. The molecule has 10 heavy (non-hydrogen) atoms. The van der Waals surface area contributed by atoms with Gasteiger partial charge in [-0.25, -0.2) is 0 Å². The molecule has 0 saturated carbocycles. The van der Waals surface area contributed by atoms with Crippen LogP contribution in [0.2, 0.25) is 0 Å². The van der Waals surface area contributed by atoms with Crippen molar-refractivity contribution in [3.8, 4) is 6.07 Å². The number of allylic oxidation sites excluding steroid dienone is 2. The lowest BCUT2D eigenvalue weighted by atomic mass is 10.2. The predicted octanol–water partition coefficient (Wildman–Crippen LogP) is 2.01. The van der Waals surface area contributed by atoms with Gasteiger partial charge in [0.15, 0.2) is 0 Å². The van der Waals surface area contributed by atoms with Crippen molar-refractivity contribution in [2.24, 2.45) is 0 Å². The number of hydrogen-bond acceptors (Lipinski definition) is 2. The van der Waals surface area contributed by atoms with Crippen molar-refractivity contribution >= 4 is 0 Å². The summed E-state index contributed by atoms with van der Waals surface area (Å²) in [5, 5.41) is 8.23. The lowest BCUT2D eigenvalue weighted by molar-refractivity contribution is 0.239. The first-order valence-corrected chi connectivity index (χ1v) is 3.10. The molecule has 0 radical (unpaired) electrons. The van der Waals surface area contributed by atoms with Crippen molar-refractivity contribution in [1.29, 1.82) is 5.26 Å². The lowest BCUT2D eigenvalue weighted by Gasteiger charge is -2.04. The van der Waals surface area contributed by atoms with Crippen LogP contribution in [0.4, 0.5) is 0 Å². The molecule has 0 aromatic rings.